The van der Waals surface area contributed by atoms with Crippen LogP contribution in [0.3, 0.4) is 0 Å². The van der Waals surface area contributed by atoms with Crippen LogP contribution in [0.25, 0.3) is 0 Å². The first kappa shape index (κ1) is 21.5. The summed E-state index contributed by atoms with van der Waals surface area (Å²) < 4.78 is 12.6. The highest BCUT2D eigenvalue weighted by Crippen LogP contribution is 2.41. The summed E-state index contributed by atoms with van der Waals surface area (Å²) in [4.78, 5) is 11.3. The second-order valence-electron chi connectivity index (χ2n) is 7.91. The molecular weight excluding hydrogens is 404 g/mol. The smallest absolute Gasteiger partial charge is 0.303 e. The van der Waals surface area contributed by atoms with Crippen LogP contribution in [-0.4, -0.2) is 36.7 Å². The van der Waals surface area contributed by atoms with E-state index in [2.05, 4.69) is 81.4 Å². The number of carbonyl (C=O) groups is 1. The largest absolute Gasteiger partial charge is 0.451 e. The fraction of sp³-hybridized carbons (Fsp3) is 0.409. The Morgan fingerprint density at radius 2 is 1.57 bits per heavy atom. The van der Waals surface area contributed by atoms with Crippen molar-refractivity contribution in [1.82, 2.24) is 0 Å². The third-order valence-corrected chi connectivity index (χ3v) is 12.8. The zero-order valence-corrected chi connectivity index (χ0v) is 19.5. The molecule has 28 heavy (non-hydrogen) atoms. The third-order valence-electron chi connectivity index (χ3n) is 4.87. The molecule has 150 valence electrons. The number of ether oxygens (including phenoxy) is 1. The molecule has 0 aliphatic carbocycles. The van der Waals surface area contributed by atoms with Crippen molar-refractivity contribution in [2.24, 2.45) is 0 Å². The Balaban J connectivity index is 1.90. The van der Waals surface area contributed by atoms with E-state index in [1.165, 1.54) is 17.3 Å². The molecule has 0 bridgehead atoms. The molecule has 3 nitrogen and oxygen atoms in total. The molecule has 1 saturated heterocycles. The molecule has 0 amide bonds. The van der Waals surface area contributed by atoms with Gasteiger partial charge in [-0.05, 0) is 15.4 Å². The lowest BCUT2D eigenvalue weighted by Crippen LogP contribution is -2.66. The summed E-state index contributed by atoms with van der Waals surface area (Å²) in [6.45, 7) is 8.97. The van der Waals surface area contributed by atoms with Crippen molar-refractivity contribution in [2.45, 2.75) is 42.8 Å². The molecule has 1 aliphatic rings. The number of esters is 1. The molecule has 0 radical (unpaired) electrons. The van der Waals surface area contributed by atoms with Crippen molar-refractivity contribution in [3.05, 3.63) is 60.7 Å². The summed E-state index contributed by atoms with van der Waals surface area (Å²) in [5, 5.41) is 2.55. The van der Waals surface area contributed by atoms with E-state index >= 15 is 0 Å². The van der Waals surface area contributed by atoms with Gasteiger partial charge < -0.3 is 9.16 Å². The van der Waals surface area contributed by atoms with Gasteiger partial charge in [0.1, 0.15) is 0 Å². The molecule has 0 aromatic heterocycles. The summed E-state index contributed by atoms with van der Waals surface area (Å²) in [7, 11) is -2.51. The Morgan fingerprint density at radius 3 is 2.04 bits per heavy atom. The highest BCUT2D eigenvalue weighted by atomic mass is 32.2. The summed E-state index contributed by atoms with van der Waals surface area (Å²) in [6, 6.07) is 21.4. The van der Waals surface area contributed by atoms with Crippen LogP contribution in [0.4, 0.5) is 0 Å². The SMILES string of the molecule is CC(=O)O[C@@H]1CS[C@H](CO[Si](c2ccccc2)(c2ccccc2)C(C)(C)C)S1. The zero-order valence-electron chi connectivity index (χ0n) is 16.9. The summed E-state index contributed by atoms with van der Waals surface area (Å²) in [5.41, 5.74) is -0.0738. The van der Waals surface area contributed by atoms with Crippen LogP contribution in [-0.2, 0) is 14.0 Å². The average molecular weight is 433 g/mol. The van der Waals surface area contributed by atoms with Gasteiger partial charge in [0.15, 0.2) is 5.44 Å². The fourth-order valence-electron chi connectivity index (χ4n) is 3.72. The van der Waals surface area contributed by atoms with Crippen molar-refractivity contribution in [1.29, 1.82) is 0 Å². The van der Waals surface area contributed by atoms with E-state index in [0.29, 0.717) is 6.61 Å². The van der Waals surface area contributed by atoms with Gasteiger partial charge in [-0.1, -0.05) is 81.4 Å². The van der Waals surface area contributed by atoms with Gasteiger partial charge in [0.25, 0.3) is 8.32 Å². The van der Waals surface area contributed by atoms with Crippen LogP contribution in [0.2, 0.25) is 5.04 Å². The first-order chi connectivity index (χ1) is 13.3. The quantitative estimate of drug-likeness (QED) is 0.503. The molecule has 2 atom stereocenters. The normalized spacial score (nSPS) is 20.1. The molecule has 2 aromatic carbocycles. The van der Waals surface area contributed by atoms with Crippen molar-refractivity contribution in [3.63, 3.8) is 0 Å². The molecule has 6 heteroatoms. The van der Waals surface area contributed by atoms with E-state index in [9.17, 15) is 4.79 Å². The number of hydrogen-bond donors (Lipinski definition) is 0. The standard InChI is InChI=1S/C22H28O3S2Si/c1-17(23)25-20-16-26-21(27-20)15-24-28(22(2,3)4,18-11-7-5-8-12-18)19-13-9-6-10-14-19/h5-14,20-21H,15-16H2,1-4H3/t20-,21-/m0/s1. The van der Waals surface area contributed by atoms with E-state index in [4.69, 9.17) is 9.16 Å². The monoisotopic (exact) mass is 432 g/mol. The molecule has 3 rings (SSSR count). The Labute approximate surface area is 177 Å². The lowest BCUT2D eigenvalue weighted by molar-refractivity contribution is -0.141. The molecule has 1 aliphatic heterocycles. The lowest BCUT2D eigenvalue weighted by atomic mass is 10.2. The van der Waals surface area contributed by atoms with Crippen LogP contribution < -0.4 is 10.4 Å². The van der Waals surface area contributed by atoms with Crippen molar-refractivity contribution >= 4 is 48.2 Å². The Hall–Kier alpha value is -1.21. The van der Waals surface area contributed by atoms with Gasteiger partial charge in [0.05, 0.1) is 11.2 Å². The van der Waals surface area contributed by atoms with E-state index in [1.807, 2.05) is 11.8 Å². The van der Waals surface area contributed by atoms with Gasteiger partial charge in [0, 0.05) is 12.7 Å². The minimum Gasteiger partial charge on any atom is -0.451 e. The van der Waals surface area contributed by atoms with Crippen LogP contribution in [0, 0.1) is 0 Å². The number of hydrogen-bond acceptors (Lipinski definition) is 5. The Bertz CT molecular complexity index is 738. The first-order valence-corrected chi connectivity index (χ1v) is 13.4. The topological polar surface area (TPSA) is 35.5 Å². The second kappa shape index (κ2) is 9.07. The molecule has 0 N–H and O–H groups in total. The van der Waals surface area contributed by atoms with Gasteiger partial charge in [-0.3, -0.25) is 4.79 Å². The molecule has 1 fully saturated rings. The minimum atomic E-state index is -2.51. The van der Waals surface area contributed by atoms with E-state index < -0.39 is 8.32 Å². The molecule has 0 saturated carbocycles. The highest BCUT2D eigenvalue weighted by molar-refractivity contribution is 8.20. The van der Waals surface area contributed by atoms with Crippen molar-refractivity contribution < 1.29 is 14.0 Å². The zero-order chi connectivity index (χ0) is 20.2. The highest BCUT2D eigenvalue weighted by Gasteiger charge is 2.50. The summed E-state index contributed by atoms with van der Waals surface area (Å²) in [5.74, 6) is 0.602. The van der Waals surface area contributed by atoms with Crippen molar-refractivity contribution in [3.8, 4) is 0 Å². The molecule has 0 unspecified atom stereocenters. The maximum absolute atomic E-state index is 11.3. The summed E-state index contributed by atoms with van der Waals surface area (Å²) in [6.07, 6.45) is 0. The van der Waals surface area contributed by atoms with E-state index in [0.717, 1.165) is 5.75 Å². The van der Waals surface area contributed by atoms with Gasteiger partial charge in [0.2, 0.25) is 0 Å². The Kier molecular flexibility index (Phi) is 6.97. The molecule has 2 aromatic rings. The molecule has 1 heterocycles. The third kappa shape index (κ3) is 4.67. The first-order valence-electron chi connectivity index (χ1n) is 9.52. The average Bonchev–Trinajstić information content (AvgIpc) is 3.09. The van der Waals surface area contributed by atoms with Gasteiger partial charge in [-0.2, -0.15) is 0 Å². The van der Waals surface area contributed by atoms with Gasteiger partial charge in [-0.25, -0.2) is 0 Å². The van der Waals surface area contributed by atoms with Crippen molar-refractivity contribution in [2.75, 3.05) is 12.4 Å². The predicted molar refractivity (Wildman–Crippen MR) is 123 cm³/mol. The second-order valence-corrected chi connectivity index (χ2v) is 15.1. The number of rotatable bonds is 6. The number of thioether (sulfide) groups is 2. The van der Waals surface area contributed by atoms with Gasteiger partial charge >= 0.3 is 5.97 Å². The predicted octanol–water partition coefficient (Wildman–Crippen LogP) is 4.26. The number of benzene rings is 2. The van der Waals surface area contributed by atoms with Crippen LogP contribution >= 0.6 is 23.5 Å². The van der Waals surface area contributed by atoms with Crippen LogP contribution in [0.1, 0.15) is 27.7 Å². The fourth-order valence-corrected chi connectivity index (χ4v) is 11.3. The van der Waals surface area contributed by atoms with E-state index in [1.54, 1.807) is 11.8 Å². The van der Waals surface area contributed by atoms with Crippen LogP contribution in [0.15, 0.2) is 60.7 Å². The lowest BCUT2D eigenvalue weighted by Gasteiger charge is -2.43. The molecule has 0 spiro atoms. The summed E-state index contributed by atoms with van der Waals surface area (Å²) >= 11 is 3.51. The van der Waals surface area contributed by atoms with E-state index in [-0.39, 0.29) is 21.0 Å². The molecular formula is C22H28O3S2Si. The maximum atomic E-state index is 11.3. The minimum absolute atomic E-state index is 0.0288. The van der Waals surface area contributed by atoms with Crippen LogP contribution in [0.5, 0.6) is 0 Å². The Morgan fingerprint density at radius 1 is 1.04 bits per heavy atom. The number of carbonyl (C=O) groups excluding carboxylic acids is 1. The van der Waals surface area contributed by atoms with Gasteiger partial charge in [-0.15, -0.1) is 23.5 Å². The maximum Gasteiger partial charge on any atom is 0.303 e.